The summed E-state index contributed by atoms with van der Waals surface area (Å²) in [6.07, 6.45) is 1.38. The van der Waals surface area contributed by atoms with E-state index in [0.29, 0.717) is 42.6 Å². The molecule has 1 amide bonds. The summed E-state index contributed by atoms with van der Waals surface area (Å²) in [7, 11) is -3.35. The summed E-state index contributed by atoms with van der Waals surface area (Å²) in [6.45, 7) is 2.95. The van der Waals surface area contributed by atoms with Gasteiger partial charge in [0.25, 0.3) is 0 Å². The maximum atomic E-state index is 12.0. The van der Waals surface area contributed by atoms with E-state index < -0.39 is 21.5 Å². The summed E-state index contributed by atoms with van der Waals surface area (Å²) in [4.78, 5) is 12.0. The Morgan fingerprint density at radius 2 is 1.96 bits per heavy atom. The van der Waals surface area contributed by atoms with Gasteiger partial charge in [0.1, 0.15) is 5.75 Å². The van der Waals surface area contributed by atoms with Crippen LogP contribution in [0.1, 0.15) is 25.3 Å². The zero-order valence-electron chi connectivity index (χ0n) is 13.5. The topological polar surface area (TPSA) is 72.5 Å². The van der Waals surface area contributed by atoms with E-state index in [0.717, 1.165) is 5.56 Å². The molecule has 0 radical (unpaired) electrons. The third-order valence-corrected chi connectivity index (χ3v) is 6.50. The van der Waals surface area contributed by atoms with Crippen molar-refractivity contribution in [3.63, 3.8) is 0 Å². The van der Waals surface area contributed by atoms with Gasteiger partial charge in [0.2, 0.25) is 5.91 Å². The summed E-state index contributed by atoms with van der Waals surface area (Å²) in [5, 5.41) is 3.85. The fourth-order valence-corrected chi connectivity index (χ4v) is 4.16. The number of ether oxygens (including phenoxy) is 1. The zero-order chi connectivity index (χ0) is 17.8. The molecule has 1 aromatic rings. The Bertz CT molecular complexity index is 700. The van der Waals surface area contributed by atoms with Crippen molar-refractivity contribution in [2.75, 3.05) is 31.3 Å². The largest absolute Gasteiger partial charge is 0.381 e. The van der Waals surface area contributed by atoms with Crippen LogP contribution >= 0.6 is 23.2 Å². The lowest BCUT2D eigenvalue weighted by Gasteiger charge is -2.38. The van der Waals surface area contributed by atoms with Crippen molar-refractivity contribution in [1.82, 2.24) is 5.32 Å². The molecule has 0 bridgehead atoms. The minimum absolute atomic E-state index is 0.0532. The van der Waals surface area contributed by atoms with Gasteiger partial charge in [-0.15, -0.1) is 0 Å². The number of hydrogen-bond donors (Lipinski definition) is 1. The molecule has 8 heteroatoms. The van der Waals surface area contributed by atoms with Crippen molar-refractivity contribution in [2.24, 2.45) is 0 Å². The van der Waals surface area contributed by atoms with Crippen molar-refractivity contribution in [3.05, 3.63) is 33.8 Å². The van der Waals surface area contributed by atoms with Gasteiger partial charge >= 0.3 is 0 Å². The van der Waals surface area contributed by atoms with Crippen LogP contribution in [0.2, 0.25) is 10.0 Å². The number of sulfone groups is 1. The fraction of sp³-hybridized carbons (Fsp3) is 0.562. The van der Waals surface area contributed by atoms with Gasteiger partial charge in [-0.1, -0.05) is 36.2 Å². The molecule has 0 atom stereocenters. The van der Waals surface area contributed by atoms with Gasteiger partial charge in [0, 0.05) is 41.0 Å². The normalized spacial score (nSPS) is 17.5. The standard InChI is InChI=1S/C16H21Cl2NO4S/c1-2-24(21,22)10-15(20)19-11-16(5-7-23-8-6-16)13-4-3-12(17)9-14(13)18/h3-4,9H,2,5-8,10-11H2,1H3,(H,19,20). The highest BCUT2D eigenvalue weighted by molar-refractivity contribution is 7.92. The molecular weight excluding hydrogens is 373 g/mol. The quantitative estimate of drug-likeness (QED) is 0.805. The second-order valence-electron chi connectivity index (χ2n) is 5.97. The van der Waals surface area contributed by atoms with Gasteiger partial charge in [0.15, 0.2) is 9.84 Å². The van der Waals surface area contributed by atoms with E-state index in [1.165, 1.54) is 6.92 Å². The molecule has 1 saturated heterocycles. The number of benzene rings is 1. The Morgan fingerprint density at radius 1 is 1.29 bits per heavy atom. The van der Waals surface area contributed by atoms with Crippen LogP contribution in [0.3, 0.4) is 0 Å². The molecular formula is C16H21Cl2NO4S. The summed E-state index contributed by atoms with van der Waals surface area (Å²) in [5.74, 6) is -1.04. The molecule has 0 spiro atoms. The van der Waals surface area contributed by atoms with E-state index >= 15 is 0 Å². The summed E-state index contributed by atoms with van der Waals surface area (Å²) < 4.78 is 28.6. The third kappa shape index (κ3) is 4.85. The first kappa shape index (κ1) is 19.5. The van der Waals surface area contributed by atoms with Crippen LogP contribution < -0.4 is 5.32 Å². The molecule has 1 aromatic carbocycles. The predicted octanol–water partition coefficient (Wildman–Crippen LogP) is 2.59. The SMILES string of the molecule is CCS(=O)(=O)CC(=O)NCC1(c2ccc(Cl)cc2Cl)CCOCC1. The monoisotopic (exact) mass is 393 g/mol. The molecule has 0 aliphatic carbocycles. The highest BCUT2D eigenvalue weighted by atomic mass is 35.5. The molecule has 1 fully saturated rings. The van der Waals surface area contributed by atoms with Crippen molar-refractivity contribution in [1.29, 1.82) is 0 Å². The van der Waals surface area contributed by atoms with E-state index in [9.17, 15) is 13.2 Å². The Morgan fingerprint density at radius 3 is 2.54 bits per heavy atom. The lowest BCUT2D eigenvalue weighted by atomic mass is 9.74. The number of nitrogens with one attached hydrogen (secondary N) is 1. The smallest absolute Gasteiger partial charge is 0.235 e. The Hall–Kier alpha value is -0.820. The van der Waals surface area contributed by atoms with E-state index in [4.69, 9.17) is 27.9 Å². The van der Waals surface area contributed by atoms with Crippen LogP contribution in [0.5, 0.6) is 0 Å². The summed E-state index contributed by atoms with van der Waals surface area (Å²) in [6, 6.07) is 5.31. The molecule has 24 heavy (non-hydrogen) atoms. The van der Waals surface area contributed by atoms with Gasteiger partial charge in [-0.2, -0.15) is 0 Å². The lowest BCUT2D eigenvalue weighted by Crippen LogP contribution is -2.46. The van der Waals surface area contributed by atoms with E-state index in [-0.39, 0.29) is 11.2 Å². The molecule has 1 N–H and O–H groups in total. The average molecular weight is 394 g/mol. The van der Waals surface area contributed by atoms with Crippen molar-refractivity contribution in [2.45, 2.75) is 25.2 Å². The Balaban J connectivity index is 2.18. The summed E-state index contributed by atoms with van der Waals surface area (Å²) >= 11 is 12.3. The minimum Gasteiger partial charge on any atom is -0.381 e. The maximum Gasteiger partial charge on any atom is 0.235 e. The van der Waals surface area contributed by atoms with Crippen molar-refractivity contribution in [3.8, 4) is 0 Å². The number of carbonyl (C=O) groups is 1. The van der Waals surface area contributed by atoms with Crippen LogP contribution in [0.4, 0.5) is 0 Å². The molecule has 2 rings (SSSR count). The number of hydrogen-bond acceptors (Lipinski definition) is 4. The molecule has 1 aliphatic rings. The van der Waals surface area contributed by atoms with Crippen LogP contribution in [0.25, 0.3) is 0 Å². The van der Waals surface area contributed by atoms with Gasteiger partial charge in [-0.05, 0) is 30.5 Å². The van der Waals surface area contributed by atoms with Gasteiger partial charge in [0.05, 0.1) is 0 Å². The Kier molecular flexibility index (Phi) is 6.53. The highest BCUT2D eigenvalue weighted by Crippen LogP contribution is 2.39. The van der Waals surface area contributed by atoms with Crippen LogP contribution in [0, 0.1) is 0 Å². The van der Waals surface area contributed by atoms with Crippen LogP contribution in [-0.4, -0.2) is 45.6 Å². The van der Waals surface area contributed by atoms with Gasteiger partial charge < -0.3 is 10.1 Å². The number of halogens is 2. The molecule has 0 aromatic heterocycles. The molecule has 0 saturated carbocycles. The van der Waals surface area contributed by atoms with Gasteiger partial charge in [-0.25, -0.2) is 8.42 Å². The minimum atomic E-state index is -3.35. The second-order valence-corrected chi connectivity index (χ2v) is 9.17. The maximum absolute atomic E-state index is 12.0. The van der Waals surface area contributed by atoms with E-state index in [1.54, 1.807) is 12.1 Å². The summed E-state index contributed by atoms with van der Waals surface area (Å²) in [5.41, 5.74) is 0.515. The molecule has 1 aliphatic heterocycles. The highest BCUT2D eigenvalue weighted by Gasteiger charge is 2.36. The fourth-order valence-electron chi connectivity index (χ4n) is 2.84. The second kappa shape index (κ2) is 8.04. The first-order valence-corrected chi connectivity index (χ1v) is 10.4. The predicted molar refractivity (Wildman–Crippen MR) is 95.5 cm³/mol. The third-order valence-electron chi connectivity index (χ3n) is 4.37. The lowest BCUT2D eigenvalue weighted by molar-refractivity contribution is -0.119. The molecule has 134 valence electrons. The number of amides is 1. The molecule has 1 heterocycles. The van der Waals surface area contributed by atoms with Crippen LogP contribution in [-0.2, 0) is 24.8 Å². The first-order valence-electron chi connectivity index (χ1n) is 7.78. The average Bonchev–Trinajstić information content (AvgIpc) is 2.53. The van der Waals surface area contributed by atoms with E-state index in [2.05, 4.69) is 5.32 Å². The number of carbonyl (C=O) groups excluding carboxylic acids is 1. The van der Waals surface area contributed by atoms with Crippen molar-refractivity contribution < 1.29 is 17.9 Å². The number of rotatable bonds is 6. The first-order chi connectivity index (χ1) is 11.3. The van der Waals surface area contributed by atoms with Crippen molar-refractivity contribution >= 4 is 38.9 Å². The van der Waals surface area contributed by atoms with Gasteiger partial charge in [-0.3, -0.25) is 4.79 Å². The zero-order valence-corrected chi connectivity index (χ0v) is 15.8. The van der Waals surface area contributed by atoms with E-state index in [1.807, 2.05) is 6.07 Å². The van der Waals surface area contributed by atoms with Crippen LogP contribution in [0.15, 0.2) is 18.2 Å². The molecule has 0 unspecified atom stereocenters. The Labute approximate surface area is 152 Å². The molecule has 5 nitrogen and oxygen atoms in total.